The van der Waals surface area contributed by atoms with E-state index in [1.165, 1.54) is 30.6 Å². The molecule has 0 bridgehead atoms. The summed E-state index contributed by atoms with van der Waals surface area (Å²) in [7, 11) is 0. The van der Waals surface area contributed by atoms with Gasteiger partial charge >= 0.3 is 12.2 Å². The molecule has 1 saturated heterocycles. The number of aromatic nitrogens is 3. The van der Waals surface area contributed by atoms with E-state index in [9.17, 15) is 23.1 Å². The van der Waals surface area contributed by atoms with Gasteiger partial charge in [0, 0.05) is 36.4 Å². The summed E-state index contributed by atoms with van der Waals surface area (Å²) in [6.45, 7) is 2.58. The maximum Gasteiger partial charge on any atom is 0.416 e. The monoisotopic (exact) mass is 559 g/mol. The van der Waals surface area contributed by atoms with Crippen molar-refractivity contribution < 1.29 is 32.2 Å². The third-order valence-electron chi connectivity index (χ3n) is 6.55. The minimum Gasteiger partial charge on any atom is -0.392 e. The van der Waals surface area contributed by atoms with Gasteiger partial charge in [0.15, 0.2) is 5.82 Å². The summed E-state index contributed by atoms with van der Waals surface area (Å²) in [6, 6.07) is 7.15. The topological polar surface area (TPSA) is 130 Å². The molecule has 5 N–H and O–H groups in total. The van der Waals surface area contributed by atoms with Gasteiger partial charge in [-0.25, -0.2) is 18.7 Å². The van der Waals surface area contributed by atoms with Crippen LogP contribution in [0.2, 0.25) is 0 Å². The Morgan fingerprint density at radius 2 is 1.90 bits per heavy atom. The maximum atomic E-state index is 15.2. The molecule has 0 radical (unpaired) electrons. The van der Waals surface area contributed by atoms with Crippen molar-refractivity contribution in [1.82, 2.24) is 19.5 Å². The number of carbonyl (C=O) groups is 1. The smallest absolute Gasteiger partial charge is 0.392 e. The maximum absolute atomic E-state index is 15.2. The average Bonchev–Trinajstić information content (AvgIpc) is 3.24. The number of ether oxygens (including phenoxy) is 1. The van der Waals surface area contributed by atoms with Crippen LogP contribution in [0.3, 0.4) is 0 Å². The summed E-state index contributed by atoms with van der Waals surface area (Å²) in [5.74, 6) is -0.680. The summed E-state index contributed by atoms with van der Waals surface area (Å²) in [4.78, 5) is 18.6. The Bertz CT molecular complexity index is 1550. The number of halogens is 4. The fraction of sp³-hybridized carbons (Fsp3) is 0.269. The van der Waals surface area contributed by atoms with Crippen LogP contribution in [-0.4, -0.2) is 56.9 Å². The summed E-state index contributed by atoms with van der Waals surface area (Å²) in [6.07, 6.45) is -3.28. The highest BCUT2D eigenvalue weighted by atomic mass is 19.4. The molecule has 40 heavy (non-hydrogen) atoms. The number of nitrogens with two attached hydrogens (primary N) is 1. The highest BCUT2D eigenvalue weighted by Gasteiger charge is 2.30. The molecular formula is C26H25F4N7O3. The van der Waals surface area contributed by atoms with Crippen LogP contribution in [0, 0.1) is 5.82 Å². The van der Waals surface area contributed by atoms with Crippen LogP contribution in [0.15, 0.2) is 48.8 Å². The molecule has 5 rings (SSSR count). The van der Waals surface area contributed by atoms with Crippen molar-refractivity contribution in [3.8, 4) is 11.1 Å². The molecular weight excluding hydrogens is 534 g/mol. The van der Waals surface area contributed by atoms with Gasteiger partial charge in [0.1, 0.15) is 17.7 Å². The predicted molar refractivity (Wildman–Crippen MR) is 139 cm³/mol. The molecule has 2 amide bonds. The van der Waals surface area contributed by atoms with Crippen LogP contribution in [0.25, 0.3) is 16.6 Å². The quantitative estimate of drug-likeness (QED) is 0.262. The Labute approximate surface area is 225 Å². The first-order valence-electron chi connectivity index (χ1n) is 12.2. The first-order valence-corrected chi connectivity index (χ1v) is 12.2. The third-order valence-corrected chi connectivity index (χ3v) is 6.55. The van der Waals surface area contributed by atoms with Gasteiger partial charge in [-0.15, -0.1) is 0 Å². The Morgan fingerprint density at radius 3 is 2.60 bits per heavy atom. The fourth-order valence-electron chi connectivity index (χ4n) is 4.67. The fourth-order valence-corrected chi connectivity index (χ4v) is 4.67. The van der Waals surface area contributed by atoms with E-state index in [2.05, 4.69) is 25.6 Å². The van der Waals surface area contributed by atoms with E-state index < -0.39 is 23.6 Å². The van der Waals surface area contributed by atoms with Crippen molar-refractivity contribution in [3.05, 3.63) is 71.4 Å². The zero-order chi connectivity index (χ0) is 28.4. The molecule has 3 heterocycles. The van der Waals surface area contributed by atoms with Crippen LogP contribution in [-0.2, 0) is 24.1 Å². The summed E-state index contributed by atoms with van der Waals surface area (Å²) in [5.41, 5.74) is 7.32. The van der Waals surface area contributed by atoms with E-state index in [-0.39, 0.29) is 23.8 Å². The molecule has 4 aromatic rings. The number of anilines is 3. The number of hydrogen-bond acceptors (Lipinski definition) is 7. The third kappa shape index (κ3) is 5.54. The van der Waals surface area contributed by atoms with Gasteiger partial charge in [0.2, 0.25) is 0 Å². The lowest BCUT2D eigenvalue weighted by atomic mass is 10.0. The number of fused-ring (bicyclic) bond motifs is 1. The number of nitrogens with one attached hydrogen (secondary N) is 2. The van der Waals surface area contributed by atoms with Crippen molar-refractivity contribution in [2.24, 2.45) is 0 Å². The molecule has 0 unspecified atom stereocenters. The molecule has 14 heteroatoms. The Hall–Kier alpha value is -4.27. The number of hydrogen-bond donors (Lipinski definition) is 4. The zero-order valence-corrected chi connectivity index (χ0v) is 21.0. The second-order valence-electron chi connectivity index (χ2n) is 9.10. The van der Waals surface area contributed by atoms with Gasteiger partial charge in [-0.1, -0.05) is 12.1 Å². The Morgan fingerprint density at radius 1 is 1.12 bits per heavy atom. The summed E-state index contributed by atoms with van der Waals surface area (Å²) >= 11 is 0. The second-order valence-corrected chi connectivity index (χ2v) is 9.10. The van der Waals surface area contributed by atoms with Gasteiger partial charge in [0.05, 0.1) is 36.8 Å². The average molecular weight is 560 g/mol. The number of aliphatic hydroxyl groups is 1. The number of morpholine rings is 1. The molecule has 210 valence electrons. The van der Waals surface area contributed by atoms with Crippen LogP contribution in [0.1, 0.15) is 16.8 Å². The SMILES string of the molecule is Nc1ncnn2c(CN3CCOCC3)c(CO)c(-c3ccc(NC(=O)Nc4cccc(C(F)(F)F)c4)c(F)c3)c12. The van der Waals surface area contributed by atoms with Crippen molar-refractivity contribution in [2.75, 3.05) is 42.7 Å². The lowest BCUT2D eigenvalue weighted by Gasteiger charge is -2.26. The first kappa shape index (κ1) is 27.3. The number of amides is 2. The number of urea groups is 1. The van der Waals surface area contributed by atoms with Crippen LogP contribution in [0.5, 0.6) is 0 Å². The Kier molecular flexibility index (Phi) is 7.56. The van der Waals surface area contributed by atoms with Gasteiger partial charge in [0.25, 0.3) is 0 Å². The molecule has 1 fully saturated rings. The summed E-state index contributed by atoms with van der Waals surface area (Å²) in [5, 5.41) is 19.3. The van der Waals surface area contributed by atoms with Crippen LogP contribution in [0.4, 0.5) is 39.5 Å². The lowest BCUT2D eigenvalue weighted by Crippen LogP contribution is -2.36. The molecule has 1 aliphatic rings. The summed E-state index contributed by atoms with van der Waals surface area (Å²) < 4.78 is 61.1. The number of benzene rings is 2. The standard InChI is InChI=1S/C26H25F4N7O3/c27-19-10-15(4-5-20(19)35-25(39)34-17-3-1-2-16(11-17)26(28,29)30)22-18(13-38)21(12-36-6-8-40-9-7-36)37-23(22)24(31)32-14-33-37/h1-5,10-11,14,38H,6-9,12-13H2,(H2,31,32,33)(H2,34,35,39). The van der Waals surface area contributed by atoms with Crippen molar-refractivity contribution >= 4 is 28.7 Å². The molecule has 0 atom stereocenters. The van der Waals surface area contributed by atoms with Crippen LogP contribution >= 0.6 is 0 Å². The number of carbonyl (C=O) groups excluding carboxylic acids is 1. The number of rotatable bonds is 6. The molecule has 0 saturated carbocycles. The molecule has 1 aliphatic heterocycles. The highest BCUT2D eigenvalue weighted by Crippen LogP contribution is 2.37. The van der Waals surface area contributed by atoms with E-state index in [1.807, 2.05) is 0 Å². The number of nitrogen functional groups attached to an aromatic ring is 1. The van der Waals surface area contributed by atoms with Crippen molar-refractivity contribution in [2.45, 2.75) is 19.3 Å². The van der Waals surface area contributed by atoms with E-state index >= 15 is 4.39 Å². The largest absolute Gasteiger partial charge is 0.416 e. The van der Waals surface area contributed by atoms with E-state index in [4.69, 9.17) is 10.5 Å². The van der Waals surface area contributed by atoms with E-state index in [0.29, 0.717) is 60.7 Å². The number of alkyl halides is 3. The van der Waals surface area contributed by atoms with E-state index in [0.717, 1.165) is 18.2 Å². The molecule has 0 spiro atoms. The normalized spacial score (nSPS) is 14.4. The van der Waals surface area contributed by atoms with E-state index in [1.54, 1.807) is 4.52 Å². The first-order chi connectivity index (χ1) is 19.2. The van der Waals surface area contributed by atoms with Gasteiger partial charge in [-0.05, 0) is 35.9 Å². The number of aliphatic hydroxyl groups excluding tert-OH is 1. The van der Waals surface area contributed by atoms with Gasteiger partial charge in [-0.2, -0.15) is 18.3 Å². The molecule has 2 aromatic heterocycles. The minimum atomic E-state index is -4.58. The minimum absolute atomic E-state index is 0.111. The molecule has 2 aromatic carbocycles. The zero-order valence-electron chi connectivity index (χ0n) is 21.0. The number of nitrogens with zero attached hydrogens (tertiary/aromatic N) is 4. The Balaban J connectivity index is 1.44. The van der Waals surface area contributed by atoms with Gasteiger partial charge < -0.3 is 26.2 Å². The highest BCUT2D eigenvalue weighted by molar-refractivity contribution is 6.00. The molecule has 10 nitrogen and oxygen atoms in total. The van der Waals surface area contributed by atoms with Gasteiger partial charge in [-0.3, -0.25) is 4.90 Å². The second kappa shape index (κ2) is 11.1. The lowest BCUT2D eigenvalue weighted by molar-refractivity contribution is -0.137. The van der Waals surface area contributed by atoms with Crippen molar-refractivity contribution in [1.29, 1.82) is 0 Å². The predicted octanol–water partition coefficient (Wildman–Crippen LogP) is 4.10. The van der Waals surface area contributed by atoms with Crippen molar-refractivity contribution in [3.63, 3.8) is 0 Å². The molecule has 0 aliphatic carbocycles. The van der Waals surface area contributed by atoms with Crippen LogP contribution < -0.4 is 16.4 Å².